The highest BCUT2D eigenvalue weighted by atomic mass is 79.9. The van der Waals surface area contributed by atoms with E-state index in [9.17, 15) is 4.39 Å². The standard InChI is InChI=1S/C14H20BrFN4/c1-14(2,7-19(3)4)8-20-12-5-9(15)10(16)6-11(12)18-13(20)17/h5-6H,7-8H2,1-4H3,(H2,17,18). The largest absolute Gasteiger partial charge is 0.369 e. The van der Waals surface area contributed by atoms with Crippen molar-refractivity contribution in [3.8, 4) is 0 Å². The molecule has 2 N–H and O–H groups in total. The van der Waals surface area contributed by atoms with Gasteiger partial charge in [0.2, 0.25) is 5.95 Å². The Morgan fingerprint density at radius 1 is 1.40 bits per heavy atom. The molecule has 0 fully saturated rings. The quantitative estimate of drug-likeness (QED) is 0.928. The van der Waals surface area contributed by atoms with Crippen LogP contribution in [0.2, 0.25) is 0 Å². The summed E-state index contributed by atoms with van der Waals surface area (Å²) >= 11 is 3.21. The first kappa shape index (κ1) is 15.3. The number of fused-ring (bicyclic) bond motifs is 1. The Balaban J connectivity index is 2.44. The molecule has 0 bridgehead atoms. The van der Waals surface area contributed by atoms with Gasteiger partial charge in [-0.1, -0.05) is 13.8 Å². The van der Waals surface area contributed by atoms with Gasteiger partial charge in [-0.2, -0.15) is 0 Å². The minimum absolute atomic E-state index is 0.0338. The summed E-state index contributed by atoms with van der Waals surface area (Å²) in [5.74, 6) is 0.0963. The van der Waals surface area contributed by atoms with E-state index in [-0.39, 0.29) is 11.2 Å². The molecule has 1 heterocycles. The number of imidazole rings is 1. The van der Waals surface area contributed by atoms with Crippen molar-refractivity contribution < 1.29 is 4.39 Å². The summed E-state index contributed by atoms with van der Waals surface area (Å²) in [6.45, 7) is 6.01. The van der Waals surface area contributed by atoms with Crippen LogP contribution in [-0.2, 0) is 6.54 Å². The average molecular weight is 343 g/mol. The van der Waals surface area contributed by atoms with E-state index in [0.717, 1.165) is 18.6 Å². The highest BCUT2D eigenvalue weighted by Crippen LogP contribution is 2.28. The van der Waals surface area contributed by atoms with E-state index in [1.807, 2.05) is 18.7 Å². The highest BCUT2D eigenvalue weighted by Gasteiger charge is 2.22. The van der Waals surface area contributed by atoms with Crippen LogP contribution in [0.3, 0.4) is 0 Å². The molecule has 0 aliphatic rings. The number of aromatic nitrogens is 2. The zero-order valence-corrected chi connectivity index (χ0v) is 13.8. The van der Waals surface area contributed by atoms with Crippen LogP contribution in [0, 0.1) is 11.2 Å². The van der Waals surface area contributed by atoms with Crippen LogP contribution in [0.5, 0.6) is 0 Å². The highest BCUT2D eigenvalue weighted by molar-refractivity contribution is 9.10. The third-order valence-electron chi connectivity index (χ3n) is 3.15. The first-order chi connectivity index (χ1) is 9.19. The lowest BCUT2D eigenvalue weighted by molar-refractivity contribution is 0.214. The maximum Gasteiger partial charge on any atom is 0.201 e. The average Bonchev–Trinajstić information content (AvgIpc) is 2.54. The number of anilines is 1. The molecule has 20 heavy (non-hydrogen) atoms. The summed E-state index contributed by atoms with van der Waals surface area (Å²) in [4.78, 5) is 6.39. The SMILES string of the molecule is CN(C)CC(C)(C)Cn1c(N)nc2cc(F)c(Br)cc21. The van der Waals surface area contributed by atoms with Crippen LogP contribution in [0.15, 0.2) is 16.6 Å². The van der Waals surface area contributed by atoms with Gasteiger partial charge in [0.15, 0.2) is 0 Å². The van der Waals surface area contributed by atoms with Gasteiger partial charge in [-0.25, -0.2) is 9.37 Å². The topological polar surface area (TPSA) is 47.1 Å². The summed E-state index contributed by atoms with van der Waals surface area (Å²) in [6.07, 6.45) is 0. The summed E-state index contributed by atoms with van der Waals surface area (Å²) in [6, 6.07) is 3.14. The molecule has 0 aliphatic carbocycles. The van der Waals surface area contributed by atoms with E-state index in [2.05, 4.69) is 39.7 Å². The van der Waals surface area contributed by atoms with Gasteiger partial charge < -0.3 is 15.2 Å². The molecule has 0 aliphatic heterocycles. The third kappa shape index (κ3) is 3.12. The van der Waals surface area contributed by atoms with Crippen molar-refractivity contribution in [2.75, 3.05) is 26.4 Å². The number of nitrogens with two attached hydrogens (primary N) is 1. The van der Waals surface area contributed by atoms with Crippen molar-refractivity contribution in [2.24, 2.45) is 5.41 Å². The van der Waals surface area contributed by atoms with Gasteiger partial charge >= 0.3 is 0 Å². The Bertz CT molecular complexity index is 634. The van der Waals surface area contributed by atoms with E-state index >= 15 is 0 Å². The second-order valence-corrected chi connectivity index (χ2v) is 7.07. The lowest BCUT2D eigenvalue weighted by atomic mass is 9.93. The normalized spacial score (nSPS) is 12.6. The molecule has 6 heteroatoms. The van der Waals surface area contributed by atoms with E-state index in [1.54, 1.807) is 6.07 Å². The lowest BCUT2D eigenvalue weighted by Gasteiger charge is -2.29. The summed E-state index contributed by atoms with van der Waals surface area (Å²) < 4.78 is 15.9. The molecular formula is C14H20BrFN4. The van der Waals surface area contributed by atoms with E-state index in [0.29, 0.717) is 15.9 Å². The minimum atomic E-state index is -0.324. The predicted octanol–water partition coefficient (Wildman–Crippen LogP) is 3.11. The smallest absolute Gasteiger partial charge is 0.201 e. The first-order valence-electron chi connectivity index (χ1n) is 6.45. The molecule has 0 unspecified atom stereocenters. The van der Waals surface area contributed by atoms with E-state index < -0.39 is 0 Å². The molecule has 1 aromatic carbocycles. The summed E-state index contributed by atoms with van der Waals surface area (Å²) in [5.41, 5.74) is 7.46. The number of benzene rings is 1. The van der Waals surface area contributed by atoms with Gasteiger partial charge in [0.05, 0.1) is 15.5 Å². The van der Waals surface area contributed by atoms with Crippen molar-refractivity contribution in [2.45, 2.75) is 20.4 Å². The number of nitrogen functional groups attached to an aromatic ring is 1. The minimum Gasteiger partial charge on any atom is -0.369 e. The zero-order chi connectivity index (χ0) is 15.1. The fourth-order valence-electron chi connectivity index (χ4n) is 2.64. The van der Waals surface area contributed by atoms with Crippen LogP contribution in [0.25, 0.3) is 11.0 Å². The maximum atomic E-state index is 13.6. The molecule has 0 spiro atoms. The molecule has 2 rings (SSSR count). The molecule has 110 valence electrons. The molecule has 0 amide bonds. The van der Waals surface area contributed by atoms with Crippen molar-refractivity contribution in [1.82, 2.24) is 14.5 Å². The maximum absolute atomic E-state index is 13.6. The Labute approximate surface area is 126 Å². The van der Waals surface area contributed by atoms with Gasteiger partial charge in [-0.05, 0) is 41.5 Å². The fourth-order valence-corrected chi connectivity index (χ4v) is 2.97. The Hall–Kier alpha value is -1.14. The molecule has 2 aromatic rings. The van der Waals surface area contributed by atoms with Crippen molar-refractivity contribution in [3.05, 3.63) is 22.4 Å². The van der Waals surface area contributed by atoms with Gasteiger partial charge in [0, 0.05) is 19.2 Å². The van der Waals surface area contributed by atoms with Crippen LogP contribution < -0.4 is 5.73 Å². The van der Waals surface area contributed by atoms with Crippen molar-refractivity contribution in [3.63, 3.8) is 0 Å². The van der Waals surface area contributed by atoms with Crippen LogP contribution in [0.1, 0.15) is 13.8 Å². The number of hydrogen-bond donors (Lipinski definition) is 1. The van der Waals surface area contributed by atoms with Crippen LogP contribution >= 0.6 is 15.9 Å². The van der Waals surface area contributed by atoms with E-state index in [1.165, 1.54) is 6.07 Å². The third-order valence-corrected chi connectivity index (χ3v) is 3.76. The summed E-state index contributed by atoms with van der Waals surface area (Å²) in [5, 5.41) is 0. The Morgan fingerprint density at radius 3 is 2.65 bits per heavy atom. The van der Waals surface area contributed by atoms with Crippen molar-refractivity contribution >= 4 is 32.9 Å². The molecule has 0 radical (unpaired) electrons. The molecule has 0 saturated heterocycles. The van der Waals surface area contributed by atoms with E-state index in [4.69, 9.17) is 5.73 Å². The second kappa shape index (κ2) is 5.33. The molecule has 4 nitrogen and oxygen atoms in total. The molecule has 1 aromatic heterocycles. The molecule has 0 atom stereocenters. The predicted molar refractivity (Wildman–Crippen MR) is 84.1 cm³/mol. The summed E-state index contributed by atoms with van der Waals surface area (Å²) in [7, 11) is 4.09. The number of hydrogen-bond acceptors (Lipinski definition) is 3. The van der Waals surface area contributed by atoms with Crippen LogP contribution in [-0.4, -0.2) is 35.1 Å². The van der Waals surface area contributed by atoms with Crippen LogP contribution in [0.4, 0.5) is 10.3 Å². The Kier molecular flexibility index (Phi) is 4.07. The Morgan fingerprint density at radius 2 is 2.05 bits per heavy atom. The number of halogens is 2. The van der Waals surface area contributed by atoms with Gasteiger partial charge in [0.1, 0.15) is 5.82 Å². The number of nitrogens with zero attached hydrogens (tertiary/aromatic N) is 3. The monoisotopic (exact) mass is 342 g/mol. The lowest BCUT2D eigenvalue weighted by Crippen LogP contribution is -2.32. The van der Waals surface area contributed by atoms with Crippen molar-refractivity contribution in [1.29, 1.82) is 0 Å². The number of rotatable bonds is 4. The molecular weight excluding hydrogens is 323 g/mol. The van der Waals surface area contributed by atoms with Gasteiger partial charge in [-0.15, -0.1) is 0 Å². The first-order valence-corrected chi connectivity index (χ1v) is 7.24. The zero-order valence-electron chi connectivity index (χ0n) is 12.2. The fraction of sp³-hybridized carbons (Fsp3) is 0.500. The van der Waals surface area contributed by atoms with Gasteiger partial charge in [0.25, 0.3) is 0 Å². The van der Waals surface area contributed by atoms with Gasteiger partial charge in [-0.3, -0.25) is 0 Å². The molecule has 0 saturated carbocycles. The second-order valence-electron chi connectivity index (χ2n) is 6.21.